The fourth-order valence-corrected chi connectivity index (χ4v) is 2.89. The molecular weight excluding hydrogens is 258 g/mol. The summed E-state index contributed by atoms with van der Waals surface area (Å²) in [6.07, 6.45) is 0.455. The van der Waals surface area contributed by atoms with Crippen molar-refractivity contribution in [2.75, 3.05) is 0 Å². The lowest BCUT2D eigenvalue weighted by Crippen LogP contribution is -2.06. The summed E-state index contributed by atoms with van der Waals surface area (Å²) >= 11 is 0. The Morgan fingerprint density at radius 2 is 1.81 bits per heavy atom. The molecule has 0 aliphatic heterocycles. The summed E-state index contributed by atoms with van der Waals surface area (Å²) in [5.74, 6) is 0.179. The molecule has 2 heteroatoms. The van der Waals surface area contributed by atoms with Gasteiger partial charge in [0.05, 0.1) is 0 Å². The molecule has 21 heavy (non-hydrogen) atoms. The summed E-state index contributed by atoms with van der Waals surface area (Å²) in [6, 6.07) is 14.3. The maximum Gasteiger partial charge on any atom is 0.169 e. The second kappa shape index (κ2) is 5.21. The minimum atomic E-state index is 0.179. The van der Waals surface area contributed by atoms with E-state index in [2.05, 4.69) is 37.0 Å². The van der Waals surface area contributed by atoms with Gasteiger partial charge in [0.2, 0.25) is 0 Å². The van der Waals surface area contributed by atoms with Gasteiger partial charge in [-0.3, -0.25) is 4.79 Å². The van der Waals surface area contributed by atoms with Crippen molar-refractivity contribution in [2.45, 2.75) is 27.2 Å². The normalized spacial score (nSPS) is 11.0. The molecule has 3 rings (SSSR count). The van der Waals surface area contributed by atoms with Crippen molar-refractivity contribution in [3.63, 3.8) is 0 Å². The molecule has 2 nitrogen and oxygen atoms in total. The monoisotopic (exact) mass is 277 g/mol. The molecule has 2 aromatic carbocycles. The van der Waals surface area contributed by atoms with Crippen molar-refractivity contribution in [1.82, 2.24) is 4.98 Å². The van der Waals surface area contributed by atoms with Gasteiger partial charge >= 0.3 is 0 Å². The molecule has 0 saturated heterocycles. The standard InChI is InChI=1S/C19H19NO/c1-12-8-9-13(2)15(10-12)11-18(21)19-14(3)20-17-7-5-4-6-16(17)19/h4-10,20H,11H2,1-3H3. The van der Waals surface area contributed by atoms with Crippen molar-refractivity contribution < 1.29 is 4.79 Å². The predicted octanol–water partition coefficient (Wildman–Crippen LogP) is 4.52. The van der Waals surface area contributed by atoms with Gasteiger partial charge in [0.25, 0.3) is 0 Å². The number of ketones is 1. The second-order valence-electron chi connectivity index (χ2n) is 5.70. The van der Waals surface area contributed by atoms with Crippen LogP contribution < -0.4 is 0 Å². The minimum absolute atomic E-state index is 0.179. The van der Waals surface area contributed by atoms with Crippen molar-refractivity contribution in [3.8, 4) is 0 Å². The highest BCUT2D eigenvalue weighted by Crippen LogP contribution is 2.24. The van der Waals surface area contributed by atoms with Gasteiger partial charge in [-0.15, -0.1) is 0 Å². The number of Topliss-reactive ketones (excluding diaryl/α,β-unsaturated/α-hetero) is 1. The zero-order valence-electron chi connectivity index (χ0n) is 12.7. The van der Waals surface area contributed by atoms with E-state index < -0.39 is 0 Å². The van der Waals surface area contributed by atoms with Crippen LogP contribution in [0.1, 0.15) is 32.7 Å². The first-order valence-corrected chi connectivity index (χ1v) is 7.23. The Labute approximate surface area is 124 Å². The zero-order valence-corrected chi connectivity index (χ0v) is 12.7. The topological polar surface area (TPSA) is 32.9 Å². The average molecular weight is 277 g/mol. The lowest BCUT2D eigenvalue weighted by molar-refractivity contribution is 0.0994. The van der Waals surface area contributed by atoms with Gasteiger partial charge in [0.1, 0.15) is 0 Å². The lowest BCUT2D eigenvalue weighted by atomic mass is 9.96. The van der Waals surface area contributed by atoms with Crippen LogP contribution in [0, 0.1) is 20.8 Å². The second-order valence-corrected chi connectivity index (χ2v) is 5.70. The van der Waals surface area contributed by atoms with E-state index in [0.717, 1.165) is 27.7 Å². The van der Waals surface area contributed by atoms with Crippen LogP contribution >= 0.6 is 0 Å². The Balaban J connectivity index is 2.01. The largest absolute Gasteiger partial charge is 0.358 e. The Bertz CT molecular complexity index is 827. The molecular formula is C19H19NO. The molecule has 1 aromatic heterocycles. The number of carbonyl (C=O) groups excluding carboxylic acids is 1. The fourth-order valence-electron chi connectivity index (χ4n) is 2.89. The molecule has 106 valence electrons. The van der Waals surface area contributed by atoms with E-state index in [9.17, 15) is 4.79 Å². The molecule has 1 N–H and O–H groups in total. The average Bonchev–Trinajstić information content (AvgIpc) is 2.78. The molecule has 3 aromatic rings. The van der Waals surface area contributed by atoms with E-state index in [0.29, 0.717) is 6.42 Å². The Kier molecular flexibility index (Phi) is 3.38. The van der Waals surface area contributed by atoms with Crippen LogP contribution in [0.25, 0.3) is 10.9 Å². The summed E-state index contributed by atoms with van der Waals surface area (Å²) in [6.45, 7) is 6.09. The van der Waals surface area contributed by atoms with Crippen LogP contribution in [0.5, 0.6) is 0 Å². The highest BCUT2D eigenvalue weighted by molar-refractivity contribution is 6.10. The van der Waals surface area contributed by atoms with Crippen LogP contribution in [-0.2, 0) is 6.42 Å². The number of aryl methyl sites for hydroxylation is 3. The van der Waals surface area contributed by atoms with E-state index >= 15 is 0 Å². The zero-order chi connectivity index (χ0) is 15.0. The molecule has 0 amide bonds. The van der Waals surface area contributed by atoms with Crippen LogP contribution in [-0.4, -0.2) is 10.8 Å². The first-order chi connectivity index (χ1) is 10.1. The highest BCUT2D eigenvalue weighted by atomic mass is 16.1. The first-order valence-electron chi connectivity index (χ1n) is 7.23. The van der Waals surface area contributed by atoms with Crippen molar-refractivity contribution in [1.29, 1.82) is 0 Å². The maximum absolute atomic E-state index is 12.8. The van der Waals surface area contributed by atoms with Gasteiger partial charge in [-0.1, -0.05) is 42.0 Å². The molecule has 0 aliphatic carbocycles. The third-order valence-corrected chi connectivity index (χ3v) is 4.03. The number of fused-ring (bicyclic) bond motifs is 1. The SMILES string of the molecule is Cc1ccc(C)c(CC(=O)c2c(C)[nH]c3ccccc23)c1. The molecule has 0 unspecified atom stereocenters. The maximum atomic E-state index is 12.8. The number of H-pyrrole nitrogens is 1. The Morgan fingerprint density at radius 3 is 2.62 bits per heavy atom. The minimum Gasteiger partial charge on any atom is -0.358 e. The number of rotatable bonds is 3. The van der Waals surface area contributed by atoms with Crippen molar-refractivity contribution in [3.05, 3.63) is 70.4 Å². The Hall–Kier alpha value is -2.35. The fraction of sp³-hybridized carbons (Fsp3) is 0.211. The molecule has 0 saturated carbocycles. The first kappa shape index (κ1) is 13.6. The summed E-state index contributed by atoms with van der Waals surface area (Å²) in [5, 5.41) is 1.02. The third kappa shape index (κ3) is 2.49. The van der Waals surface area contributed by atoms with Crippen molar-refractivity contribution in [2.24, 2.45) is 0 Å². The van der Waals surface area contributed by atoms with E-state index in [-0.39, 0.29) is 5.78 Å². The molecule has 1 heterocycles. The van der Waals surface area contributed by atoms with Gasteiger partial charge in [0.15, 0.2) is 5.78 Å². The summed E-state index contributed by atoms with van der Waals surface area (Å²) in [7, 11) is 0. The molecule has 0 bridgehead atoms. The smallest absolute Gasteiger partial charge is 0.169 e. The van der Waals surface area contributed by atoms with Crippen LogP contribution in [0.4, 0.5) is 0 Å². The number of hydrogen-bond donors (Lipinski definition) is 1. The van der Waals surface area contributed by atoms with E-state index in [1.54, 1.807) is 0 Å². The van der Waals surface area contributed by atoms with E-state index in [4.69, 9.17) is 0 Å². The number of carbonyl (C=O) groups is 1. The summed E-state index contributed by atoms with van der Waals surface area (Å²) < 4.78 is 0. The van der Waals surface area contributed by atoms with E-state index in [1.165, 1.54) is 11.1 Å². The number of nitrogens with one attached hydrogen (secondary N) is 1. The van der Waals surface area contributed by atoms with Gasteiger partial charge in [0, 0.05) is 28.6 Å². The van der Waals surface area contributed by atoms with Crippen molar-refractivity contribution >= 4 is 16.7 Å². The highest BCUT2D eigenvalue weighted by Gasteiger charge is 2.16. The number of hydrogen-bond acceptors (Lipinski definition) is 1. The number of aromatic nitrogens is 1. The summed E-state index contributed by atoms with van der Waals surface area (Å²) in [5.41, 5.74) is 6.28. The molecule has 0 radical (unpaired) electrons. The van der Waals surface area contributed by atoms with Crippen LogP contribution in [0.2, 0.25) is 0 Å². The van der Waals surface area contributed by atoms with Crippen LogP contribution in [0.15, 0.2) is 42.5 Å². The number of para-hydroxylation sites is 1. The summed E-state index contributed by atoms with van der Waals surface area (Å²) in [4.78, 5) is 16.1. The van der Waals surface area contributed by atoms with E-state index in [1.807, 2.05) is 31.2 Å². The van der Waals surface area contributed by atoms with Gasteiger partial charge < -0.3 is 4.98 Å². The quantitative estimate of drug-likeness (QED) is 0.701. The Morgan fingerprint density at radius 1 is 1.05 bits per heavy atom. The lowest BCUT2D eigenvalue weighted by Gasteiger charge is -2.07. The molecule has 0 spiro atoms. The molecule has 0 atom stereocenters. The third-order valence-electron chi connectivity index (χ3n) is 4.03. The molecule has 0 aliphatic rings. The van der Waals surface area contributed by atoms with Gasteiger partial charge in [-0.05, 0) is 38.0 Å². The van der Waals surface area contributed by atoms with Gasteiger partial charge in [-0.2, -0.15) is 0 Å². The van der Waals surface area contributed by atoms with Crippen LogP contribution in [0.3, 0.4) is 0 Å². The number of benzene rings is 2. The predicted molar refractivity (Wildman–Crippen MR) is 87.0 cm³/mol. The number of aromatic amines is 1. The van der Waals surface area contributed by atoms with Gasteiger partial charge in [-0.25, -0.2) is 0 Å². The molecule has 0 fully saturated rings.